The minimum atomic E-state index is -0.456. The lowest BCUT2D eigenvalue weighted by Gasteiger charge is -2.57. The maximum atomic E-state index is 12.2. The molecule has 5 heteroatoms. The van der Waals surface area contributed by atoms with Gasteiger partial charge in [-0.2, -0.15) is 0 Å². The van der Waals surface area contributed by atoms with Crippen LogP contribution in [0.1, 0.15) is 47.0 Å². The van der Waals surface area contributed by atoms with Crippen molar-refractivity contribution in [2.75, 3.05) is 19.7 Å². The van der Waals surface area contributed by atoms with Crippen LogP contribution < -0.4 is 5.73 Å². The number of nitrogens with zero attached hydrogens (tertiary/aromatic N) is 1. The zero-order valence-electron chi connectivity index (χ0n) is 13.1. The molecule has 0 radical (unpaired) electrons. The number of piperidine rings is 1. The summed E-state index contributed by atoms with van der Waals surface area (Å²) in [5.74, 6) is 0. The number of hydrogen-bond donors (Lipinski definition) is 1. The molecular formula is C15H28N2O3. The van der Waals surface area contributed by atoms with Gasteiger partial charge in [0.05, 0.1) is 6.10 Å². The number of carbonyl (C=O) groups excluding carboxylic acids is 1. The Kier molecular flexibility index (Phi) is 4.30. The van der Waals surface area contributed by atoms with Gasteiger partial charge in [0.15, 0.2) is 0 Å². The van der Waals surface area contributed by atoms with Gasteiger partial charge in [-0.15, -0.1) is 0 Å². The second-order valence-electron chi connectivity index (χ2n) is 7.02. The van der Waals surface area contributed by atoms with E-state index in [1.807, 2.05) is 27.7 Å². The van der Waals surface area contributed by atoms with Crippen LogP contribution in [-0.2, 0) is 9.47 Å². The molecule has 0 aromatic heterocycles. The average Bonchev–Trinajstić information content (AvgIpc) is 2.37. The molecule has 2 N–H and O–H groups in total. The molecule has 1 amide bonds. The molecule has 0 bridgehead atoms. The maximum absolute atomic E-state index is 12.2. The Morgan fingerprint density at radius 2 is 2.15 bits per heavy atom. The van der Waals surface area contributed by atoms with Gasteiger partial charge in [-0.3, -0.25) is 0 Å². The van der Waals surface area contributed by atoms with Crippen molar-refractivity contribution in [2.45, 2.75) is 64.7 Å². The van der Waals surface area contributed by atoms with Gasteiger partial charge >= 0.3 is 6.09 Å². The number of ether oxygens (including phenoxy) is 2. The highest BCUT2D eigenvalue weighted by molar-refractivity contribution is 5.68. The summed E-state index contributed by atoms with van der Waals surface area (Å²) in [6.45, 7) is 9.79. The van der Waals surface area contributed by atoms with Gasteiger partial charge in [0.25, 0.3) is 0 Å². The summed E-state index contributed by atoms with van der Waals surface area (Å²) >= 11 is 0. The lowest BCUT2D eigenvalue weighted by atomic mass is 9.58. The Morgan fingerprint density at radius 1 is 1.45 bits per heavy atom. The Labute approximate surface area is 121 Å². The monoisotopic (exact) mass is 284 g/mol. The second kappa shape index (κ2) is 5.53. The van der Waals surface area contributed by atoms with E-state index < -0.39 is 5.60 Å². The van der Waals surface area contributed by atoms with Crippen molar-refractivity contribution in [3.8, 4) is 0 Å². The van der Waals surface area contributed by atoms with Crippen LogP contribution >= 0.6 is 0 Å². The first-order valence-electron chi connectivity index (χ1n) is 7.63. The van der Waals surface area contributed by atoms with Crippen LogP contribution in [0, 0.1) is 5.41 Å². The van der Waals surface area contributed by atoms with Crippen molar-refractivity contribution in [3.63, 3.8) is 0 Å². The molecule has 1 saturated heterocycles. The second-order valence-corrected chi connectivity index (χ2v) is 7.02. The zero-order chi connectivity index (χ0) is 15.0. The third-order valence-electron chi connectivity index (χ3n) is 4.42. The third kappa shape index (κ3) is 2.93. The first-order valence-corrected chi connectivity index (χ1v) is 7.63. The van der Waals surface area contributed by atoms with E-state index in [1.54, 1.807) is 4.90 Å². The maximum Gasteiger partial charge on any atom is 0.410 e. The normalized spacial score (nSPS) is 34.0. The molecule has 2 rings (SSSR count). The molecule has 0 aromatic rings. The molecule has 20 heavy (non-hydrogen) atoms. The molecule has 116 valence electrons. The first-order chi connectivity index (χ1) is 9.28. The van der Waals surface area contributed by atoms with Crippen LogP contribution in [0.3, 0.4) is 0 Å². The minimum absolute atomic E-state index is 0.0643. The van der Waals surface area contributed by atoms with Crippen LogP contribution in [-0.4, -0.2) is 48.4 Å². The average molecular weight is 284 g/mol. The van der Waals surface area contributed by atoms with Crippen molar-refractivity contribution in [2.24, 2.45) is 11.1 Å². The third-order valence-corrected chi connectivity index (χ3v) is 4.42. The number of likely N-dealkylation sites (tertiary alicyclic amines) is 1. The standard InChI is InChI=1S/C15H28N2O3/c1-5-19-12-9-11(16)15(12)7-6-8-17(10-15)13(18)20-14(2,3)4/h11-12H,5-10,16H2,1-4H3/t11-,12-,15-/m0/s1. The van der Waals surface area contributed by atoms with E-state index in [0.717, 1.165) is 25.8 Å². The van der Waals surface area contributed by atoms with Crippen molar-refractivity contribution < 1.29 is 14.3 Å². The SMILES string of the molecule is CCO[C@H]1C[C@H](N)[C@@]12CCCN(C(=O)OC(C)(C)C)C2. The highest BCUT2D eigenvalue weighted by Crippen LogP contribution is 2.48. The highest BCUT2D eigenvalue weighted by Gasteiger charge is 2.56. The van der Waals surface area contributed by atoms with Gasteiger partial charge in [-0.25, -0.2) is 4.79 Å². The fourth-order valence-corrected chi connectivity index (χ4v) is 3.37. The number of hydrogen-bond acceptors (Lipinski definition) is 4. The number of amides is 1. The van der Waals surface area contributed by atoms with E-state index in [9.17, 15) is 4.79 Å². The van der Waals surface area contributed by atoms with E-state index in [2.05, 4.69) is 0 Å². The van der Waals surface area contributed by atoms with E-state index >= 15 is 0 Å². The predicted molar refractivity (Wildman–Crippen MR) is 77.5 cm³/mol. The van der Waals surface area contributed by atoms with Gasteiger partial charge in [0.2, 0.25) is 0 Å². The Hall–Kier alpha value is -0.810. The lowest BCUT2D eigenvalue weighted by Crippen LogP contribution is -2.68. The topological polar surface area (TPSA) is 64.8 Å². The van der Waals surface area contributed by atoms with Crippen LogP contribution in [0.15, 0.2) is 0 Å². The summed E-state index contributed by atoms with van der Waals surface area (Å²) in [5, 5.41) is 0. The zero-order valence-corrected chi connectivity index (χ0v) is 13.1. The molecule has 5 nitrogen and oxygen atoms in total. The molecule has 2 aliphatic rings. The molecule has 2 fully saturated rings. The molecule has 1 aliphatic heterocycles. The number of nitrogens with two attached hydrogens (primary N) is 1. The predicted octanol–water partition coefficient (Wildman–Crippen LogP) is 2.14. The van der Waals surface area contributed by atoms with Gasteiger partial charge < -0.3 is 20.1 Å². The van der Waals surface area contributed by atoms with Crippen molar-refractivity contribution in [1.29, 1.82) is 0 Å². The van der Waals surface area contributed by atoms with E-state index in [4.69, 9.17) is 15.2 Å². The number of rotatable bonds is 2. The van der Waals surface area contributed by atoms with Crippen molar-refractivity contribution >= 4 is 6.09 Å². The van der Waals surface area contributed by atoms with Crippen LogP contribution in [0.4, 0.5) is 4.79 Å². The van der Waals surface area contributed by atoms with Crippen LogP contribution in [0.25, 0.3) is 0 Å². The highest BCUT2D eigenvalue weighted by atomic mass is 16.6. The van der Waals surface area contributed by atoms with E-state index in [0.29, 0.717) is 13.2 Å². The van der Waals surface area contributed by atoms with Crippen molar-refractivity contribution in [3.05, 3.63) is 0 Å². The summed E-state index contributed by atoms with van der Waals surface area (Å²) in [7, 11) is 0. The van der Waals surface area contributed by atoms with Gasteiger partial charge in [-0.05, 0) is 47.0 Å². The van der Waals surface area contributed by atoms with Crippen molar-refractivity contribution in [1.82, 2.24) is 4.90 Å². The summed E-state index contributed by atoms with van der Waals surface area (Å²) in [5.41, 5.74) is 5.72. The Morgan fingerprint density at radius 3 is 2.70 bits per heavy atom. The minimum Gasteiger partial charge on any atom is -0.444 e. The summed E-state index contributed by atoms with van der Waals surface area (Å²) in [6, 6.07) is 0.129. The quantitative estimate of drug-likeness (QED) is 0.843. The van der Waals surface area contributed by atoms with E-state index in [-0.39, 0.29) is 23.7 Å². The fraction of sp³-hybridized carbons (Fsp3) is 0.933. The van der Waals surface area contributed by atoms with Gasteiger partial charge in [0.1, 0.15) is 5.60 Å². The van der Waals surface area contributed by atoms with Crippen LogP contribution in [0.5, 0.6) is 0 Å². The molecule has 1 saturated carbocycles. The molecule has 0 aromatic carbocycles. The smallest absolute Gasteiger partial charge is 0.410 e. The van der Waals surface area contributed by atoms with Gasteiger partial charge in [0, 0.05) is 31.2 Å². The van der Waals surface area contributed by atoms with Gasteiger partial charge in [-0.1, -0.05) is 0 Å². The number of carbonyl (C=O) groups is 1. The molecule has 1 spiro atoms. The Balaban J connectivity index is 2.02. The fourth-order valence-electron chi connectivity index (χ4n) is 3.37. The first kappa shape index (κ1) is 15.6. The summed E-state index contributed by atoms with van der Waals surface area (Å²) < 4.78 is 11.3. The summed E-state index contributed by atoms with van der Waals surface area (Å²) in [4.78, 5) is 14.0. The summed E-state index contributed by atoms with van der Waals surface area (Å²) in [6.07, 6.45) is 2.86. The molecule has 3 atom stereocenters. The Bertz CT molecular complexity index is 365. The van der Waals surface area contributed by atoms with E-state index in [1.165, 1.54) is 0 Å². The molecule has 1 heterocycles. The largest absolute Gasteiger partial charge is 0.444 e. The molecular weight excluding hydrogens is 256 g/mol. The lowest BCUT2D eigenvalue weighted by molar-refractivity contribution is -0.149. The molecule has 0 unspecified atom stereocenters. The van der Waals surface area contributed by atoms with Crippen LogP contribution in [0.2, 0.25) is 0 Å². The molecule has 1 aliphatic carbocycles.